The maximum absolute atomic E-state index is 12.2. The predicted octanol–water partition coefficient (Wildman–Crippen LogP) is 1.97. The Kier molecular flexibility index (Phi) is 3.30. The van der Waals surface area contributed by atoms with Crippen LogP contribution in [0.5, 0.6) is 5.75 Å². The van der Waals surface area contributed by atoms with Crippen LogP contribution in [0.3, 0.4) is 0 Å². The summed E-state index contributed by atoms with van der Waals surface area (Å²) < 4.78 is 10.0. The second kappa shape index (κ2) is 4.61. The number of fused-ring (bicyclic) bond motifs is 1. The first-order valence-corrected chi connectivity index (χ1v) is 5.99. The second-order valence-electron chi connectivity index (χ2n) is 4.01. The molecule has 5 heteroatoms. The third kappa shape index (κ3) is 1.77. The van der Waals surface area contributed by atoms with Crippen molar-refractivity contribution in [2.45, 2.75) is 18.2 Å². The lowest BCUT2D eigenvalue weighted by Crippen LogP contribution is -2.40. The van der Waals surface area contributed by atoms with Crippen LogP contribution in [-0.4, -0.2) is 30.3 Å². The molecule has 0 aromatic heterocycles. The Hall–Kier alpha value is -1.55. The average molecular weight is 269 g/mol. The fourth-order valence-corrected chi connectivity index (χ4v) is 2.39. The van der Waals surface area contributed by atoms with Crippen molar-refractivity contribution in [1.29, 1.82) is 0 Å². The number of carbonyl (C=O) groups is 2. The molecule has 4 nitrogen and oxygen atoms in total. The van der Waals surface area contributed by atoms with Gasteiger partial charge in [-0.05, 0) is 13.0 Å². The van der Waals surface area contributed by atoms with E-state index in [0.717, 1.165) is 0 Å². The standard InChI is InChI=1S/C13H13ClO4/c1-3-18-12(16)13(14)7-9-8(11(13)15)5-4-6-10(9)17-2/h4-6H,3,7H2,1-2H3/t13-/m1/s1. The van der Waals surface area contributed by atoms with E-state index in [9.17, 15) is 9.59 Å². The molecule has 0 heterocycles. The quantitative estimate of drug-likeness (QED) is 0.478. The van der Waals surface area contributed by atoms with Gasteiger partial charge in [0.2, 0.25) is 4.87 Å². The van der Waals surface area contributed by atoms with E-state index < -0.39 is 16.6 Å². The third-order valence-electron chi connectivity index (χ3n) is 2.98. The summed E-state index contributed by atoms with van der Waals surface area (Å²) in [5, 5.41) is 0. The molecular formula is C13H13ClO4. The van der Waals surface area contributed by atoms with Gasteiger partial charge >= 0.3 is 5.97 Å². The number of alkyl halides is 1. The minimum atomic E-state index is -1.65. The summed E-state index contributed by atoms with van der Waals surface area (Å²) in [6.07, 6.45) is 0.103. The summed E-state index contributed by atoms with van der Waals surface area (Å²) >= 11 is 6.17. The molecule has 0 N–H and O–H groups in total. The normalized spacial score (nSPS) is 21.6. The molecule has 0 aliphatic heterocycles. The van der Waals surface area contributed by atoms with Gasteiger partial charge in [-0.25, -0.2) is 4.79 Å². The molecule has 0 radical (unpaired) electrons. The highest BCUT2D eigenvalue weighted by molar-refractivity contribution is 6.49. The van der Waals surface area contributed by atoms with E-state index in [4.69, 9.17) is 21.1 Å². The number of benzene rings is 1. The summed E-state index contributed by atoms with van der Waals surface area (Å²) in [5.74, 6) is -0.556. The molecule has 18 heavy (non-hydrogen) atoms. The molecule has 0 saturated carbocycles. The monoisotopic (exact) mass is 268 g/mol. The Morgan fingerprint density at radius 3 is 2.83 bits per heavy atom. The molecule has 0 saturated heterocycles. The molecule has 0 spiro atoms. The van der Waals surface area contributed by atoms with Crippen LogP contribution >= 0.6 is 11.6 Å². The molecule has 1 aliphatic rings. The molecule has 0 fully saturated rings. The molecule has 0 bridgehead atoms. The van der Waals surface area contributed by atoms with Crippen molar-refractivity contribution in [3.05, 3.63) is 29.3 Å². The smallest absolute Gasteiger partial charge is 0.335 e. The summed E-state index contributed by atoms with van der Waals surface area (Å²) in [6.45, 7) is 1.86. The largest absolute Gasteiger partial charge is 0.496 e. The number of ketones is 1. The summed E-state index contributed by atoms with van der Waals surface area (Å²) in [5.41, 5.74) is 1.09. The van der Waals surface area contributed by atoms with E-state index in [1.807, 2.05) is 0 Å². The first-order valence-electron chi connectivity index (χ1n) is 5.61. The number of esters is 1. The van der Waals surface area contributed by atoms with Gasteiger partial charge in [-0.1, -0.05) is 23.7 Å². The van der Waals surface area contributed by atoms with Crippen LogP contribution < -0.4 is 4.74 Å². The lowest BCUT2D eigenvalue weighted by Gasteiger charge is -2.16. The van der Waals surface area contributed by atoms with Crippen molar-refractivity contribution < 1.29 is 19.1 Å². The summed E-state index contributed by atoms with van der Waals surface area (Å²) in [7, 11) is 1.51. The van der Waals surface area contributed by atoms with Gasteiger partial charge in [0, 0.05) is 17.5 Å². The van der Waals surface area contributed by atoms with Crippen molar-refractivity contribution in [1.82, 2.24) is 0 Å². The lowest BCUT2D eigenvalue weighted by atomic mass is 10.0. The number of halogens is 1. The molecule has 1 aliphatic carbocycles. The topological polar surface area (TPSA) is 52.6 Å². The Bertz CT molecular complexity index is 512. The van der Waals surface area contributed by atoms with Crippen LogP contribution in [-0.2, 0) is 16.0 Å². The fourth-order valence-electron chi connectivity index (χ4n) is 2.10. The van der Waals surface area contributed by atoms with Crippen molar-refractivity contribution in [2.75, 3.05) is 13.7 Å². The zero-order valence-corrected chi connectivity index (χ0v) is 10.9. The highest BCUT2D eigenvalue weighted by Gasteiger charge is 2.52. The van der Waals surface area contributed by atoms with E-state index in [0.29, 0.717) is 16.9 Å². The van der Waals surface area contributed by atoms with Crippen LogP contribution in [0.4, 0.5) is 0 Å². The highest BCUT2D eigenvalue weighted by atomic mass is 35.5. The van der Waals surface area contributed by atoms with Crippen LogP contribution in [0.25, 0.3) is 0 Å². The van der Waals surface area contributed by atoms with Crippen LogP contribution in [0, 0.1) is 0 Å². The molecule has 1 atom stereocenters. The highest BCUT2D eigenvalue weighted by Crippen LogP contribution is 2.40. The van der Waals surface area contributed by atoms with E-state index in [1.54, 1.807) is 25.1 Å². The van der Waals surface area contributed by atoms with Crippen LogP contribution in [0.2, 0.25) is 0 Å². The van der Waals surface area contributed by atoms with Crippen LogP contribution in [0.1, 0.15) is 22.8 Å². The number of carbonyl (C=O) groups excluding carboxylic acids is 2. The zero-order chi connectivity index (χ0) is 13.3. The van der Waals surface area contributed by atoms with E-state index in [2.05, 4.69) is 0 Å². The second-order valence-corrected chi connectivity index (χ2v) is 4.66. The molecule has 96 valence electrons. The maximum atomic E-state index is 12.2. The Balaban J connectivity index is 2.44. The van der Waals surface area contributed by atoms with Gasteiger partial charge in [0.25, 0.3) is 0 Å². The van der Waals surface area contributed by atoms with E-state index >= 15 is 0 Å². The first-order chi connectivity index (χ1) is 8.54. The predicted molar refractivity (Wildman–Crippen MR) is 66.2 cm³/mol. The van der Waals surface area contributed by atoms with Gasteiger partial charge < -0.3 is 9.47 Å². The van der Waals surface area contributed by atoms with Crippen molar-refractivity contribution in [3.8, 4) is 5.75 Å². The van der Waals surface area contributed by atoms with Crippen LogP contribution in [0.15, 0.2) is 18.2 Å². The van der Waals surface area contributed by atoms with Crippen molar-refractivity contribution in [3.63, 3.8) is 0 Å². The van der Waals surface area contributed by atoms with E-state index in [-0.39, 0.29) is 13.0 Å². The SMILES string of the molecule is CCOC(=O)[C@@]1(Cl)Cc2c(OC)cccc2C1=O. The molecule has 1 aromatic rings. The summed E-state index contributed by atoms with van der Waals surface area (Å²) in [6, 6.07) is 5.08. The van der Waals surface area contributed by atoms with Gasteiger partial charge in [0.05, 0.1) is 13.7 Å². The number of hydrogen-bond acceptors (Lipinski definition) is 4. The number of methoxy groups -OCH3 is 1. The van der Waals surface area contributed by atoms with E-state index in [1.165, 1.54) is 7.11 Å². The fraction of sp³-hybridized carbons (Fsp3) is 0.385. The molecule has 0 amide bonds. The molecule has 2 rings (SSSR count). The number of hydrogen-bond donors (Lipinski definition) is 0. The Morgan fingerprint density at radius 1 is 1.50 bits per heavy atom. The number of ether oxygens (including phenoxy) is 2. The molecule has 0 unspecified atom stereocenters. The van der Waals surface area contributed by atoms with Gasteiger partial charge in [0.15, 0.2) is 5.78 Å². The molecule has 1 aromatic carbocycles. The van der Waals surface area contributed by atoms with Gasteiger partial charge in [0.1, 0.15) is 5.75 Å². The van der Waals surface area contributed by atoms with Crippen molar-refractivity contribution >= 4 is 23.4 Å². The minimum Gasteiger partial charge on any atom is -0.496 e. The van der Waals surface area contributed by atoms with Gasteiger partial charge in [-0.2, -0.15) is 0 Å². The summed E-state index contributed by atoms with van der Waals surface area (Å²) in [4.78, 5) is 22.4. The Labute approximate surface area is 110 Å². The van der Waals surface area contributed by atoms with Crippen molar-refractivity contribution in [2.24, 2.45) is 0 Å². The average Bonchev–Trinajstić information content (AvgIpc) is 2.63. The maximum Gasteiger partial charge on any atom is 0.335 e. The first kappa shape index (κ1) is 12.9. The third-order valence-corrected chi connectivity index (χ3v) is 3.44. The Morgan fingerprint density at radius 2 is 2.22 bits per heavy atom. The lowest BCUT2D eigenvalue weighted by molar-refractivity contribution is -0.144. The number of rotatable bonds is 3. The molecular weight excluding hydrogens is 256 g/mol. The van der Waals surface area contributed by atoms with Gasteiger partial charge in [-0.15, -0.1) is 0 Å². The number of Topliss-reactive ketones (excluding diaryl/α,β-unsaturated/α-hetero) is 1. The minimum absolute atomic E-state index is 0.103. The zero-order valence-electron chi connectivity index (χ0n) is 10.2. The van der Waals surface area contributed by atoms with Gasteiger partial charge in [-0.3, -0.25) is 4.79 Å².